The molecule has 0 heterocycles. The molecule has 96 valence electrons. The van der Waals surface area contributed by atoms with E-state index in [2.05, 4.69) is 21.2 Å². The Labute approximate surface area is 109 Å². The number of nitrogens with one attached hydrogen (secondary N) is 1. The summed E-state index contributed by atoms with van der Waals surface area (Å²) in [6.07, 6.45) is -0.607. The molecular weight excluding hydrogens is 289 g/mol. The van der Waals surface area contributed by atoms with Crippen molar-refractivity contribution < 1.29 is 14.2 Å². The zero-order chi connectivity index (χ0) is 12.8. The third-order valence-corrected chi connectivity index (χ3v) is 2.74. The number of rotatable bonds is 6. The Morgan fingerprint density at radius 2 is 2.18 bits per heavy atom. The maximum absolute atomic E-state index is 13.2. The van der Waals surface area contributed by atoms with Crippen molar-refractivity contribution >= 4 is 15.9 Å². The van der Waals surface area contributed by atoms with E-state index >= 15 is 0 Å². The fourth-order valence-electron chi connectivity index (χ4n) is 1.19. The first-order valence-corrected chi connectivity index (χ1v) is 6.27. The highest BCUT2D eigenvalue weighted by Crippen LogP contribution is 2.20. The second-order valence-corrected chi connectivity index (χ2v) is 4.96. The van der Waals surface area contributed by atoms with Gasteiger partial charge in [-0.05, 0) is 28.1 Å². The Morgan fingerprint density at radius 1 is 1.47 bits per heavy atom. The minimum absolute atomic E-state index is 0.140. The van der Waals surface area contributed by atoms with Crippen LogP contribution in [0.2, 0.25) is 0 Å². The van der Waals surface area contributed by atoms with Gasteiger partial charge in [0.05, 0.1) is 4.47 Å². The summed E-state index contributed by atoms with van der Waals surface area (Å²) in [6.45, 7) is 4.59. The van der Waals surface area contributed by atoms with Gasteiger partial charge in [-0.15, -0.1) is 0 Å². The smallest absolute Gasteiger partial charge is 0.141 e. The summed E-state index contributed by atoms with van der Waals surface area (Å²) in [6, 6.07) is 4.82. The predicted octanol–water partition coefficient (Wildman–Crippen LogP) is 2.33. The van der Waals surface area contributed by atoms with Gasteiger partial charge in [0, 0.05) is 18.7 Å². The van der Waals surface area contributed by atoms with E-state index in [1.807, 2.05) is 13.8 Å². The van der Waals surface area contributed by atoms with Gasteiger partial charge >= 0.3 is 0 Å². The van der Waals surface area contributed by atoms with Crippen LogP contribution < -0.4 is 10.1 Å². The van der Waals surface area contributed by atoms with E-state index < -0.39 is 6.10 Å². The zero-order valence-electron chi connectivity index (χ0n) is 9.91. The van der Waals surface area contributed by atoms with E-state index in [1.165, 1.54) is 6.07 Å². The van der Waals surface area contributed by atoms with Crippen molar-refractivity contribution in [1.82, 2.24) is 5.32 Å². The Hall–Kier alpha value is -0.650. The third-order valence-electron chi connectivity index (χ3n) is 2.10. The highest BCUT2D eigenvalue weighted by atomic mass is 79.9. The molecular formula is C12H17BrFNO2. The van der Waals surface area contributed by atoms with Crippen LogP contribution in [0.4, 0.5) is 4.39 Å². The highest BCUT2D eigenvalue weighted by Gasteiger charge is 2.07. The number of benzene rings is 1. The minimum Gasteiger partial charge on any atom is -0.491 e. The molecule has 0 bridgehead atoms. The molecule has 0 aliphatic carbocycles. The molecule has 1 unspecified atom stereocenters. The average Bonchev–Trinajstić information content (AvgIpc) is 2.28. The first kappa shape index (κ1) is 14.4. The molecule has 0 saturated heterocycles. The van der Waals surface area contributed by atoms with Gasteiger partial charge in [0.2, 0.25) is 0 Å². The molecule has 1 atom stereocenters. The van der Waals surface area contributed by atoms with Gasteiger partial charge in [0.1, 0.15) is 24.3 Å². The van der Waals surface area contributed by atoms with Crippen molar-refractivity contribution in [3.05, 3.63) is 28.5 Å². The number of hydrogen-bond donors (Lipinski definition) is 2. The summed E-state index contributed by atoms with van der Waals surface area (Å²) in [4.78, 5) is 0. The van der Waals surface area contributed by atoms with Crippen molar-refractivity contribution in [1.29, 1.82) is 0 Å². The van der Waals surface area contributed by atoms with Crippen LogP contribution in [0.3, 0.4) is 0 Å². The number of halogens is 2. The van der Waals surface area contributed by atoms with E-state index in [0.717, 1.165) is 0 Å². The average molecular weight is 306 g/mol. The third kappa shape index (κ3) is 5.48. The maximum atomic E-state index is 13.2. The summed E-state index contributed by atoms with van der Waals surface area (Å²) >= 11 is 3.06. The molecule has 0 aliphatic heterocycles. The van der Waals surface area contributed by atoms with Gasteiger partial charge in [-0.25, -0.2) is 4.39 Å². The molecule has 3 nitrogen and oxygen atoms in total. The normalized spacial score (nSPS) is 12.8. The lowest BCUT2D eigenvalue weighted by Crippen LogP contribution is -2.35. The van der Waals surface area contributed by atoms with Gasteiger partial charge in [-0.3, -0.25) is 0 Å². The fraction of sp³-hybridized carbons (Fsp3) is 0.500. The van der Waals surface area contributed by atoms with E-state index in [9.17, 15) is 9.50 Å². The van der Waals surface area contributed by atoms with E-state index in [0.29, 0.717) is 22.8 Å². The summed E-state index contributed by atoms with van der Waals surface area (Å²) < 4.78 is 18.8. The lowest BCUT2D eigenvalue weighted by molar-refractivity contribution is 0.104. The summed E-state index contributed by atoms with van der Waals surface area (Å²) in [7, 11) is 0. The van der Waals surface area contributed by atoms with E-state index in [-0.39, 0.29) is 12.4 Å². The van der Waals surface area contributed by atoms with Gasteiger partial charge < -0.3 is 15.2 Å². The molecule has 0 aliphatic rings. The first-order chi connectivity index (χ1) is 7.99. The zero-order valence-corrected chi connectivity index (χ0v) is 11.5. The summed E-state index contributed by atoms with van der Waals surface area (Å²) in [5.74, 6) is 0.0339. The molecule has 0 saturated carbocycles. The SMILES string of the molecule is CC(C)NCC(O)COc1ccc(Br)c(F)c1. The van der Waals surface area contributed by atoms with Crippen LogP contribution >= 0.6 is 15.9 Å². The molecule has 0 amide bonds. The number of aliphatic hydroxyl groups is 1. The number of ether oxygens (including phenoxy) is 1. The molecule has 0 spiro atoms. The van der Waals surface area contributed by atoms with Crippen LogP contribution in [0.25, 0.3) is 0 Å². The molecule has 0 fully saturated rings. The minimum atomic E-state index is -0.607. The van der Waals surface area contributed by atoms with Crippen LogP contribution in [-0.4, -0.2) is 30.4 Å². The van der Waals surface area contributed by atoms with Crippen LogP contribution in [0.5, 0.6) is 5.75 Å². The Morgan fingerprint density at radius 3 is 2.76 bits per heavy atom. The Kier molecular flexibility index (Phi) is 5.88. The number of hydrogen-bond acceptors (Lipinski definition) is 3. The Bertz CT molecular complexity index is 360. The molecule has 0 radical (unpaired) electrons. The molecule has 0 aromatic heterocycles. The monoisotopic (exact) mass is 305 g/mol. The van der Waals surface area contributed by atoms with Gasteiger partial charge in [0.15, 0.2) is 0 Å². The highest BCUT2D eigenvalue weighted by molar-refractivity contribution is 9.10. The fourth-order valence-corrected chi connectivity index (χ4v) is 1.44. The Balaban J connectivity index is 2.36. The van der Waals surface area contributed by atoms with Crippen molar-refractivity contribution in [2.24, 2.45) is 0 Å². The van der Waals surface area contributed by atoms with Gasteiger partial charge in [0.25, 0.3) is 0 Å². The van der Waals surface area contributed by atoms with Crippen LogP contribution in [0.15, 0.2) is 22.7 Å². The quantitative estimate of drug-likeness (QED) is 0.847. The number of aliphatic hydroxyl groups excluding tert-OH is 1. The van der Waals surface area contributed by atoms with Crippen LogP contribution in [-0.2, 0) is 0 Å². The van der Waals surface area contributed by atoms with Crippen molar-refractivity contribution in [2.75, 3.05) is 13.2 Å². The summed E-state index contributed by atoms with van der Waals surface area (Å²) in [5, 5.41) is 12.7. The van der Waals surface area contributed by atoms with Gasteiger partial charge in [-0.1, -0.05) is 13.8 Å². The van der Waals surface area contributed by atoms with Crippen molar-refractivity contribution in [3.8, 4) is 5.75 Å². The molecule has 5 heteroatoms. The first-order valence-electron chi connectivity index (χ1n) is 5.48. The van der Waals surface area contributed by atoms with Crippen molar-refractivity contribution in [2.45, 2.75) is 26.0 Å². The molecule has 1 aromatic rings. The molecule has 17 heavy (non-hydrogen) atoms. The second-order valence-electron chi connectivity index (χ2n) is 4.10. The largest absolute Gasteiger partial charge is 0.491 e. The van der Waals surface area contributed by atoms with Gasteiger partial charge in [-0.2, -0.15) is 0 Å². The van der Waals surface area contributed by atoms with Crippen LogP contribution in [0.1, 0.15) is 13.8 Å². The van der Waals surface area contributed by atoms with Crippen LogP contribution in [0, 0.1) is 5.82 Å². The lowest BCUT2D eigenvalue weighted by Gasteiger charge is -2.15. The second kappa shape index (κ2) is 6.93. The lowest BCUT2D eigenvalue weighted by atomic mass is 10.3. The molecule has 1 aromatic carbocycles. The standard InChI is InChI=1S/C12H17BrFNO2/c1-8(2)15-6-9(16)7-17-10-3-4-11(13)12(14)5-10/h3-5,8-9,15-16H,6-7H2,1-2H3. The summed E-state index contributed by atoms with van der Waals surface area (Å²) in [5.41, 5.74) is 0. The maximum Gasteiger partial charge on any atom is 0.141 e. The van der Waals surface area contributed by atoms with Crippen molar-refractivity contribution in [3.63, 3.8) is 0 Å². The molecule has 2 N–H and O–H groups in total. The topological polar surface area (TPSA) is 41.5 Å². The van der Waals surface area contributed by atoms with E-state index in [4.69, 9.17) is 4.74 Å². The molecule has 1 rings (SSSR count). The van der Waals surface area contributed by atoms with E-state index in [1.54, 1.807) is 12.1 Å². The predicted molar refractivity (Wildman–Crippen MR) is 68.7 cm³/mol.